The highest BCUT2D eigenvalue weighted by atomic mass is 16.2. The molecule has 0 fully saturated rings. The molecule has 0 aromatic carbocycles. The van der Waals surface area contributed by atoms with Crippen molar-refractivity contribution in [1.82, 2.24) is 15.1 Å². The number of amides is 1. The Morgan fingerprint density at radius 2 is 2.18 bits per heavy atom. The molecule has 17 heavy (non-hydrogen) atoms. The van der Waals surface area contributed by atoms with E-state index in [4.69, 9.17) is 5.73 Å². The number of nitrogens with one attached hydrogen (secondary N) is 1. The number of nitrogens with two attached hydrogens (primary N) is 1. The van der Waals surface area contributed by atoms with Gasteiger partial charge < -0.3 is 11.1 Å². The van der Waals surface area contributed by atoms with Crippen LogP contribution in [0.5, 0.6) is 0 Å². The zero-order valence-corrected chi connectivity index (χ0v) is 11.0. The maximum absolute atomic E-state index is 11.7. The fourth-order valence-corrected chi connectivity index (χ4v) is 1.49. The number of hydrogen-bond acceptors (Lipinski definition) is 3. The van der Waals surface area contributed by atoms with E-state index in [2.05, 4.69) is 10.4 Å². The van der Waals surface area contributed by atoms with E-state index in [0.717, 1.165) is 11.4 Å². The van der Waals surface area contributed by atoms with Crippen LogP contribution < -0.4 is 11.1 Å². The molecular weight excluding hydrogens is 216 g/mol. The van der Waals surface area contributed by atoms with E-state index in [1.807, 2.05) is 33.8 Å². The number of carbonyl (C=O) groups excluding carboxylic acids is 1. The third-order valence-electron chi connectivity index (χ3n) is 2.79. The number of hydrogen-bond donors (Lipinski definition) is 2. The van der Waals surface area contributed by atoms with Gasteiger partial charge >= 0.3 is 0 Å². The highest BCUT2D eigenvalue weighted by Crippen LogP contribution is 2.01. The van der Waals surface area contributed by atoms with Gasteiger partial charge in [-0.3, -0.25) is 9.48 Å². The average molecular weight is 238 g/mol. The van der Waals surface area contributed by atoms with Crippen LogP contribution in [0, 0.1) is 19.8 Å². The fraction of sp³-hybridized carbons (Fsp3) is 0.667. The molecule has 1 amide bonds. The van der Waals surface area contributed by atoms with E-state index in [-0.39, 0.29) is 18.5 Å². The SMILES string of the molecule is Cc1cc(C)n(CC(=O)NCC(N)C(C)C)n1. The summed E-state index contributed by atoms with van der Waals surface area (Å²) in [6.45, 7) is 8.69. The normalized spacial score (nSPS) is 12.8. The molecule has 1 aromatic heterocycles. The van der Waals surface area contributed by atoms with Gasteiger partial charge in [-0.25, -0.2) is 0 Å². The molecule has 0 bridgehead atoms. The van der Waals surface area contributed by atoms with E-state index >= 15 is 0 Å². The van der Waals surface area contributed by atoms with Gasteiger partial charge in [-0.15, -0.1) is 0 Å². The second-order valence-corrected chi connectivity index (χ2v) is 4.80. The summed E-state index contributed by atoms with van der Waals surface area (Å²) in [6.07, 6.45) is 0. The van der Waals surface area contributed by atoms with E-state index in [1.165, 1.54) is 0 Å². The highest BCUT2D eigenvalue weighted by Gasteiger charge is 2.10. The van der Waals surface area contributed by atoms with Gasteiger partial charge in [-0.2, -0.15) is 5.10 Å². The van der Waals surface area contributed by atoms with Crippen molar-refractivity contribution in [2.24, 2.45) is 11.7 Å². The summed E-state index contributed by atoms with van der Waals surface area (Å²) in [5.74, 6) is 0.316. The van der Waals surface area contributed by atoms with Gasteiger partial charge in [0, 0.05) is 18.3 Å². The molecule has 1 atom stereocenters. The highest BCUT2D eigenvalue weighted by molar-refractivity contribution is 5.75. The molecule has 0 aliphatic rings. The monoisotopic (exact) mass is 238 g/mol. The number of aryl methyl sites for hydroxylation is 2. The first kappa shape index (κ1) is 13.7. The Hall–Kier alpha value is -1.36. The van der Waals surface area contributed by atoms with Crippen LogP contribution in [-0.4, -0.2) is 28.3 Å². The van der Waals surface area contributed by atoms with Crippen molar-refractivity contribution >= 4 is 5.91 Å². The quantitative estimate of drug-likeness (QED) is 0.789. The van der Waals surface area contributed by atoms with Crippen molar-refractivity contribution in [2.45, 2.75) is 40.3 Å². The second-order valence-electron chi connectivity index (χ2n) is 4.80. The van der Waals surface area contributed by atoms with Crippen molar-refractivity contribution in [1.29, 1.82) is 0 Å². The topological polar surface area (TPSA) is 72.9 Å². The Morgan fingerprint density at radius 3 is 2.65 bits per heavy atom. The van der Waals surface area contributed by atoms with Gasteiger partial charge in [0.25, 0.3) is 0 Å². The number of rotatable bonds is 5. The Kier molecular flexibility index (Phi) is 4.69. The minimum atomic E-state index is -0.0488. The van der Waals surface area contributed by atoms with E-state index in [9.17, 15) is 4.79 Å². The van der Waals surface area contributed by atoms with Crippen LogP contribution in [0.2, 0.25) is 0 Å². The van der Waals surface area contributed by atoms with Crippen molar-refractivity contribution in [2.75, 3.05) is 6.54 Å². The van der Waals surface area contributed by atoms with Gasteiger partial charge in [0.2, 0.25) is 5.91 Å². The molecule has 0 saturated heterocycles. The predicted octanol–water partition coefficient (Wildman–Crippen LogP) is 0.599. The molecular formula is C12H22N4O. The summed E-state index contributed by atoms with van der Waals surface area (Å²) in [7, 11) is 0. The minimum Gasteiger partial charge on any atom is -0.353 e. The van der Waals surface area contributed by atoms with Gasteiger partial charge in [-0.1, -0.05) is 13.8 Å². The molecule has 0 aliphatic carbocycles. The smallest absolute Gasteiger partial charge is 0.241 e. The van der Waals surface area contributed by atoms with Crippen LogP contribution in [0.25, 0.3) is 0 Å². The van der Waals surface area contributed by atoms with Crippen LogP contribution in [-0.2, 0) is 11.3 Å². The first-order valence-electron chi connectivity index (χ1n) is 5.93. The lowest BCUT2D eigenvalue weighted by Crippen LogP contribution is -2.41. The Bertz CT molecular complexity index is 384. The summed E-state index contributed by atoms with van der Waals surface area (Å²) in [6, 6.07) is 1.95. The summed E-state index contributed by atoms with van der Waals surface area (Å²) < 4.78 is 1.70. The Labute approximate surface area is 102 Å². The van der Waals surface area contributed by atoms with Crippen molar-refractivity contribution in [3.63, 3.8) is 0 Å². The van der Waals surface area contributed by atoms with Gasteiger partial charge in [0.05, 0.1) is 5.69 Å². The molecule has 5 heteroatoms. The maximum Gasteiger partial charge on any atom is 0.241 e. The zero-order valence-electron chi connectivity index (χ0n) is 11.0. The molecule has 1 heterocycles. The van der Waals surface area contributed by atoms with Gasteiger partial charge in [0.15, 0.2) is 0 Å². The molecule has 0 spiro atoms. The van der Waals surface area contributed by atoms with E-state index in [1.54, 1.807) is 4.68 Å². The van der Waals surface area contributed by atoms with Crippen molar-refractivity contribution in [3.8, 4) is 0 Å². The first-order valence-corrected chi connectivity index (χ1v) is 5.93. The van der Waals surface area contributed by atoms with Crippen LogP contribution >= 0.6 is 0 Å². The van der Waals surface area contributed by atoms with Crippen LogP contribution in [0.4, 0.5) is 0 Å². The second kappa shape index (κ2) is 5.82. The van der Waals surface area contributed by atoms with Crippen LogP contribution in [0.15, 0.2) is 6.07 Å². The predicted molar refractivity (Wildman–Crippen MR) is 67.5 cm³/mol. The number of nitrogens with zero attached hydrogens (tertiary/aromatic N) is 2. The molecule has 0 aliphatic heterocycles. The average Bonchev–Trinajstić information content (AvgIpc) is 2.53. The Morgan fingerprint density at radius 1 is 1.53 bits per heavy atom. The molecule has 3 N–H and O–H groups in total. The summed E-state index contributed by atoms with van der Waals surface area (Å²) in [5.41, 5.74) is 7.77. The molecule has 0 saturated carbocycles. The van der Waals surface area contributed by atoms with Gasteiger partial charge in [0.1, 0.15) is 6.54 Å². The summed E-state index contributed by atoms with van der Waals surface area (Å²) in [5, 5.41) is 7.06. The van der Waals surface area contributed by atoms with Crippen LogP contribution in [0.1, 0.15) is 25.2 Å². The Balaban J connectivity index is 2.42. The lowest BCUT2D eigenvalue weighted by molar-refractivity contribution is -0.122. The molecule has 1 aromatic rings. The maximum atomic E-state index is 11.7. The molecule has 1 unspecified atom stereocenters. The fourth-order valence-electron chi connectivity index (χ4n) is 1.49. The zero-order chi connectivity index (χ0) is 13.0. The van der Waals surface area contributed by atoms with E-state index < -0.39 is 0 Å². The third kappa shape index (κ3) is 4.19. The molecule has 0 radical (unpaired) electrons. The lowest BCUT2D eigenvalue weighted by atomic mass is 10.1. The van der Waals surface area contributed by atoms with Crippen molar-refractivity contribution < 1.29 is 4.79 Å². The molecule has 1 rings (SSSR count). The summed E-state index contributed by atoms with van der Waals surface area (Å²) >= 11 is 0. The number of carbonyl (C=O) groups is 1. The molecule has 96 valence electrons. The summed E-state index contributed by atoms with van der Waals surface area (Å²) in [4.78, 5) is 11.7. The van der Waals surface area contributed by atoms with Gasteiger partial charge in [-0.05, 0) is 25.8 Å². The molecule has 5 nitrogen and oxygen atoms in total. The first-order chi connectivity index (χ1) is 7.90. The third-order valence-corrected chi connectivity index (χ3v) is 2.79. The van der Waals surface area contributed by atoms with E-state index in [0.29, 0.717) is 12.5 Å². The van der Waals surface area contributed by atoms with Crippen molar-refractivity contribution in [3.05, 3.63) is 17.5 Å². The largest absolute Gasteiger partial charge is 0.353 e. The lowest BCUT2D eigenvalue weighted by Gasteiger charge is -2.16. The minimum absolute atomic E-state index is 0.000551. The van der Waals surface area contributed by atoms with Crippen LogP contribution in [0.3, 0.4) is 0 Å². The number of aromatic nitrogens is 2. The standard InChI is InChI=1S/C12H22N4O/c1-8(2)11(13)6-14-12(17)7-16-10(4)5-9(3)15-16/h5,8,11H,6-7,13H2,1-4H3,(H,14,17).